The average molecular weight is 174 g/mol. The first kappa shape index (κ1) is 10.3. The first-order chi connectivity index (χ1) is 5.24. The van der Waals surface area contributed by atoms with Crippen molar-refractivity contribution in [2.24, 2.45) is 0 Å². The van der Waals surface area contributed by atoms with Crippen LogP contribution in [0.4, 0.5) is 4.39 Å². The minimum absolute atomic E-state index is 0.313. The van der Waals surface area contributed by atoms with Crippen LogP contribution in [-0.2, 0) is 0 Å². The van der Waals surface area contributed by atoms with Gasteiger partial charge in [-0.2, -0.15) is 4.39 Å². The van der Waals surface area contributed by atoms with Crippen LogP contribution in [0.3, 0.4) is 0 Å². The summed E-state index contributed by atoms with van der Waals surface area (Å²) in [5.41, 5.74) is 0. The number of carbonyl (C=O) groups is 1. The van der Waals surface area contributed by atoms with Gasteiger partial charge < -0.3 is 0 Å². The highest BCUT2D eigenvalue weighted by atomic mass is 32.1. The van der Waals surface area contributed by atoms with Crippen molar-refractivity contribution in [1.82, 2.24) is 0 Å². The lowest BCUT2D eigenvalue weighted by Gasteiger charge is -1.68. The summed E-state index contributed by atoms with van der Waals surface area (Å²) in [6.07, 6.45) is 1.88. The second-order valence-electron chi connectivity index (χ2n) is 1.97. The smallest absolute Gasteiger partial charge is 0.177 e. The van der Waals surface area contributed by atoms with Crippen molar-refractivity contribution >= 4 is 17.6 Å². The van der Waals surface area contributed by atoms with E-state index in [1.54, 1.807) is 0 Å². The van der Waals surface area contributed by atoms with Gasteiger partial charge in [0.25, 0.3) is 0 Å². The molecule has 1 rings (SSSR count). The quantitative estimate of drug-likeness (QED) is 0.598. The van der Waals surface area contributed by atoms with E-state index in [1.165, 1.54) is 18.6 Å². The summed E-state index contributed by atoms with van der Waals surface area (Å²) in [7, 11) is 0. The van der Waals surface area contributed by atoms with Crippen molar-refractivity contribution < 1.29 is 9.18 Å². The van der Waals surface area contributed by atoms with Gasteiger partial charge in [0, 0.05) is 0 Å². The molecule has 11 heavy (non-hydrogen) atoms. The first-order valence-corrected chi connectivity index (χ1v) is 4.26. The average Bonchev–Trinajstić information content (AvgIpc) is 2.37. The van der Waals surface area contributed by atoms with Crippen LogP contribution in [0, 0.1) is 5.13 Å². The molecule has 1 aromatic rings. The summed E-state index contributed by atoms with van der Waals surface area (Å²) in [5, 5.41) is -0.313. The first-order valence-electron chi connectivity index (χ1n) is 3.45. The van der Waals surface area contributed by atoms with Gasteiger partial charge in [-0.3, -0.25) is 4.79 Å². The predicted octanol–water partition coefficient (Wildman–Crippen LogP) is 3.12. The Labute approximate surface area is 69.9 Å². The molecular formula is C8H11FOS. The molecule has 1 nitrogen and oxygen atoms in total. The zero-order valence-electron chi connectivity index (χ0n) is 6.63. The molecule has 0 fully saturated rings. The highest BCUT2D eigenvalue weighted by Crippen LogP contribution is 2.10. The van der Waals surface area contributed by atoms with E-state index in [1.807, 2.05) is 0 Å². The Bertz CT molecular complexity index is 208. The van der Waals surface area contributed by atoms with Gasteiger partial charge in [-0.1, -0.05) is 20.3 Å². The molecule has 0 bridgehead atoms. The highest BCUT2D eigenvalue weighted by Gasteiger charge is 1.93. The van der Waals surface area contributed by atoms with E-state index in [0.717, 1.165) is 11.3 Å². The van der Waals surface area contributed by atoms with Crippen LogP contribution in [0.1, 0.15) is 29.9 Å². The number of halogens is 1. The highest BCUT2D eigenvalue weighted by molar-refractivity contribution is 7.12. The van der Waals surface area contributed by atoms with E-state index in [0.29, 0.717) is 11.2 Å². The lowest BCUT2D eigenvalue weighted by Crippen LogP contribution is -1.61. The van der Waals surface area contributed by atoms with Crippen LogP contribution in [0.5, 0.6) is 0 Å². The van der Waals surface area contributed by atoms with Gasteiger partial charge in [0.15, 0.2) is 11.4 Å². The van der Waals surface area contributed by atoms with Crippen molar-refractivity contribution in [1.29, 1.82) is 0 Å². The molecule has 0 saturated heterocycles. The van der Waals surface area contributed by atoms with Gasteiger partial charge in [-0.25, -0.2) is 0 Å². The maximum Gasteiger partial charge on any atom is 0.177 e. The molecule has 0 aliphatic rings. The molecule has 0 unspecified atom stereocenters. The van der Waals surface area contributed by atoms with E-state index in [4.69, 9.17) is 0 Å². The largest absolute Gasteiger partial charge is 0.297 e. The van der Waals surface area contributed by atoms with Gasteiger partial charge in [-0.15, -0.1) is 11.3 Å². The number of aldehydes is 1. The molecule has 3 heteroatoms. The minimum atomic E-state index is -0.313. The van der Waals surface area contributed by atoms with Gasteiger partial charge in [0.1, 0.15) is 0 Å². The Morgan fingerprint density at radius 3 is 2.27 bits per heavy atom. The molecule has 0 aliphatic heterocycles. The van der Waals surface area contributed by atoms with Gasteiger partial charge in [0.2, 0.25) is 0 Å². The fraction of sp³-hybridized carbons (Fsp3) is 0.375. The van der Waals surface area contributed by atoms with Crippen molar-refractivity contribution in [2.75, 3.05) is 0 Å². The van der Waals surface area contributed by atoms with Crippen LogP contribution < -0.4 is 0 Å². The Balaban J connectivity index is 0.000000292. The van der Waals surface area contributed by atoms with E-state index in [9.17, 15) is 9.18 Å². The van der Waals surface area contributed by atoms with Crippen LogP contribution in [0.25, 0.3) is 0 Å². The van der Waals surface area contributed by atoms with Crippen molar-refractivity contribution in [3.8, 4) is 0 Å². The molecule has 0 atom stereocenters. The molecule has 62 valence electrons. The molecular weight excluding hydrogens is 163 g/mol. The number of hydrogen-bond acceptors (Lipinski definition) is 2. The summed E-state index contributed by atoms with van der Waals surface area (Å²) in [6, 6.07) is 2.72. The topological polar surface area (TPSA) is 17.1 Å². The van der Waals surface area contributed by atoms with Crippen LogP contribution >= 0.6 is 11.3 Å². The molecule has 0 aliphatic carbocycles. The molecule has 1 heterocycles. The summed E-state index contributed by atoms with van der Waals surface area (Å²) in [5.74, 6) is 0. The number of hydrogen-bond donors (Lipinski definition) is 0. The zero-order chi connectivity index (χ0) is 8.69. The summed E-state index contributed by atoms with van der Waals surface area (Å²) in [4.78, 5) is 10.3. The third-order valence-electron chi connectivity index (χ3n) is 0.710. The molecule has 0 radical (unpaired) electrons. The van der Waals surface area contributed by atoms with Crippen LogP contribution in [0.2, 0.25) is 0 Å². The standard InChI is InChI=1S/C5H3FOS.C3H8/c6-5-2-1-4(3-7)8-5;1-3-2/h1-3H;3H2,1-2H3. The van der Waals surface area contributed by atoms with E-state index >= 15 is 0 Å². The Morgan fingerprint density at radius 2 is 2.09 bits per heavy atom. The zero-order valence-corrected chi connectivity index (χ0v) is 7.45. The summed E-state index contributed by atoms with van der Waals surface area (Å²) in [6.45, 7) is 4.25. The third-order valence-corrected chi connectivity index (χ3v) is 1.51. The fourth-order valence-electron chi connectivity index (χ4n) is 0.392. The number of carbonyl (C=O) groups excluding carboxylic acids is 1. The Morgan fingerprint density at radius 1 is 1.55 bits per heavy atom. The predicted molar refractivity (Wildman–Crippen MR) is 45.6 cm³/mol. The molecule has 0 aromatic carbocycles. The monoisotopic (exact) mass is 174 g/mol. The Hall–Kier alpha value is -0.700. The van der Waals surface area contributed by atoms with E-state index in [-0.39, 0.29) is 5.13 Å². The summed E-state index contributed by atoms with van der Waals surface area (Å²) >= 11 is 0.853. The van der Waals surface area contributed by atoms with E-state index < -0.39 is 0 Å². The lowest BCUT2D eigenvalue weighted by atomic mass is 10.5. The molecule has 0 amide bonds. The van der Waals surface area contributed by atoms with Gasteiger partial charge in [-0.05, 0) is 12.1 Å². The Kier molecular flexibility index (Phi) is 5.65. The normalized spacial score (nSPS) is 8.27. The van der Waals surface area contributed by atoms with Crippen molar-refractivity contribution in [2.45, 2.75) is 20.3 Å². The summed E-state index contributed by atoms with van der Waals surface area (Å²) < 4.78 is 12.0. The molecule has 0 N–H and O–H groups in total. The second kappa shape index (κ2) is 6.04. The van der Waals surface area contributed by atoms with E-state index in [2.05, 4.69) is 13.8 Å². The molecule has 0 saturated carbocycles. The SMILES string of the molecule is CCC.O=Cc1ccc(F)s1. The van der Waals surface area contributed by atoms with Crippen molar-refractivity contribution in [3.05, 3.63) is 22.1 Å². The number of thiophene rings is 1. The fourth-order valence-corrected chi connectivity index (χ4v) is 0.937. The molecule has 1 aromatic heterocycles. The maximum absolute atomic E-state index is 12.0. The third kappa shape index (κ3) is 4.67. The molecule has 0 spiro atoms. The van der Waals surface area contributed by atoms with Gasteiger partial charge in [0.05, 0.1) is 4.88 Å². The second-order valence-corrected chi connectivity index (χ2v) is 3.03. The minimum Gasteiger partial charge on any atom is -0.297 e. The maximum atomic E-state index is 12.0. The van der Waals surface area contributed by atoms with Crippen molar-refractivity contribution in [3.63, 3.8) is 0 Å². The number of rotatable bonds is 1. The van der Waals surface area contributed by atoms with Crippen LogP contribution in [0.15, 0.2) is 12.1 Å². The lowest BCUT2D eigenvalue weighted by molar-refractivity contribution is 0.112. The van der Waals surface area contributed by atoms with Crippen LogP contribution in [-0.4, -0.2) is 6.29 Å². The van der Waals surface area contributed by atoms with Gasteiger partial charge >= 0.3 is 0 Å².